The van der Waals surface area contributed by atoms with Crippen molar-refractivity contribution in [1.29, 1.82) is 0 Å². The van der Waals surface area contributed by atoms with E-state index in [9.17, 15) is 19.8 Å². The third-order valence-corrected chi connectivity index (χ3v) is 7.46. The fourth-order valence-electron chi connectivity index (χ4n) is 4.91. The molecule has 0 bridgehead atoms. The van der Waals surface area contributed by atoms with Gasteiger partial charge in [-0.2, -0.15) is 0 Å². The zero-order valence-corrected chi connectivity index (χ0v) is 17.9. The average molecular weight is 482 g/mol. The molecule has 27 heavy (non-hydrogen) atoms. The molecule has 2 atom stereocenters. The molecular weight excluding hydrogens is 455 g/mol. The number of rotatable bonds is 6. The minimum absolute atomic E-state index is 0.125. The van der Waals surface area contributed by atoms with Gasteiger partial charge in [0, 0.05) is 3.57 Å². The standard InChI is InChI=1S/C22H27IO4/c1-15-10-12-21(19(24)25,13-11-16-4-2-3-5-16)14-22(15,20(26)27)17-6-8-18(23)9-7-17/h6-10,16H,2-5,11-14H2,1H3,(H,24,25)(H,26,27). The molecule has 2 aliphatic carbocycles. The van der Waals surface area contributed by atoms with Crippen molar-refractivity contribution in [3.8, 4) is 0 Å². The zero-order chi connectivity index (χ0) is 19.7. The molecule has 0 heterocycles. The summed E-state index contributed by atoms with van der Waals surface area (Å²) in [5.41, 5.74) is -0.857. The quantitative estimate of drug-likeness (QED) is 0.421. The van der Waals surface area contributed by atoms with Crippen LogP contribution in [0, 0.1) is 14.9 Å². The van der Waals surface area contributed by atoms with Crippen molar-refractivity contribution in [2.45, 2.75) is 63.7 Å². The topological polar surface area (TPSA) is 74.6 Å². The lowest BCUT2D eigenvalue weighted by atomic mass is 9.58. The fraction of sp³-hybridized carbons (Fsp3) is 0.545. The van der Waals surface area contributed by atoms with E-state index in [4.69, 9.17) is 0 Å². The van der Waals surface area contributed by atoms with Crippen LogP contribution in [0.4, 0.5) is 0 Å². The van der Waals surface area contributed by atoms with Crippen molar-refractivity contribution in [3.05, 3.63) is 45.0 Å². The van der Waals surface area contributed by atoms with Crippen molar-refractivity contribution in [2.75, 3.05) is 0 Å². The van der Waals surface area contributed by atoms with E-state index < -0.39 is 22.8 Å². The van der Waals surface area contributed by atoms with E-state index in [1.807, 2.05) is 37.3 Å². The normalized spacial score (nSPS) is 28.7. The van der Waals surface area contributed by atoms with E-state index in [2.05, 4.69) is 22.6 Å². The first kappa shape index (κ1) is 20.4. The van der Waals surface area contributed by atoms with Crippen molar-refractivity contribution < 1.29 is 19.8 Å². The van der Waals surface area contributed by atoms with E-state index in [0.717, 1.165) is 15.6 Å². The van der Waals surface area contributed by atoms with Gasteiger partial charge >= 0.3 is 11.9 Å². The summed E-state index contributed by atoms with van der Waals surface area (Å²) in [6.45, 7) is 1.83. The van der Waals surface area contributed by atoms with Crippen LogP contribution in [0.5, 0.6) is 0 Å². The van der Waals surface area contributed by atoms with Crippen molar-refractivity contribution in [2.24, 2.45) is 11.3 Å². The maximum atomic E-state index is 12.5. The van der Waals surface area contributed by atoms with Crippen LogP contribution in [-0.4, -0.2) is 22.2 Å². The van der Waals surface area contributed by atoms with E-state index in [1.165, 1.54) is 25.7 Å². The molecule has 1 aromatic carbocycles. The number of carboxylic acid groups (broad SMARTS) is 2. The summed E-state index contributed by atoms with van der Waals surface area (Å²) < 4.78 is 1.03. The zero-order valence-electron chi connectivity index (χ0n) is 15.7. The summed E-state index contributed by atoms with van der Waals surface area (Å²) in [6, 6.07) is 7.46. The van der Waals surface area contributed by atoms with Crippen LogP contribution in [0.2, 0.25) is 0 Å². The first-order valence-electron chi connectivity index (χ1n) is 9.70. The van der Waals surface area contributed by atoms with E-state index in [-0.39, 0.29) is 6.42 Å². The van der Waals surface area contributed by atoms with E-state index >= 15 is 0 Å². The van der Waals surface area contributed by atoms with Crippen molar-refractivity contribution >= 4 is 34.5 Å². The molecule has 0 aromatic heterocycles. The number of hydrogen-bond donors (Lipinski definition) is 2. The molecule has 5 heteroatoms. The monoisotopic (exact) mass is 482 g/mol. The summed E-state index contributed by atoms with van der Waals surface area (Å²) in [4.78, 5) is 24.9. The van der Waals surface area contributed by atoms with Gasteiger partial charge in [0.05, 0.1) is 5.41 Å². The smallest absolute Gasteiger partial charge is 0.318 e. The lowest BCUT2D eigenvalue weighted by Crippen LogP contribution is -2.48. The molecule has 2 N–H and O–H groups in total. The molecule has 1 aromatic rings. The first-order chi connectivity index (χ1) is 12.8. The minimum atomic E-state index is -1.27. The van der Waals surface area contributed by atoms with Crippen LogP contribution < -0.4 is 0 Å². The predicted octanol–water partition coefficient (Wildman–Crippen LogP) is 5.40. The summed E-state index contributed by atoms with van der Waals surface area (Å²) in [6.07, 6.45) is 8.63. The summed E-state index contributed by atoms with van der Waals surface area (Å²) in [7, 11) is 0. The minimum Gasteiger partial charge on any atom is -0.481 e. The second-order valence-corrected chi connectivity index (χ2v) is 9.51. The molecule has 0 saturated heterocycles. The maximum Gasteiger partial charge on any atom is 0.318 e. The fourth-order valence-corrected chi connectivity index (χ4v) is 5.27. The van der Waals surface area contributed by atoms with Crippen LogP contribution in [0.3, 0.4) is 0 Å². The molecule has 0 amide bonds. The Bertz CT molecular complexity index is 748. The highest BCUT2D eigenvalue weighted by molar-refractivity contribution is 14.1. The molecule has 0 spiro atoms. The lowest BCUT2D eigenvalue weighted by Gasteiger charge is -2.43. The summed E-state index contributed by atoms with van der Waals surface area (Å²) >= 11 is 2.19. The summed E-state index contributed by atoms with van der Waals surface area (Å²) in [5, 5.41) is 20.4. The molecule has 0 radical (unpaired) electrons. The number of benzene rings is 1. The molecule has 0 aliphatic heterocycles. The van der Waals surface area contributed by atoms with Gasteiger partial charge in [0.2, 0.25) is 0 Å². The SMILES string of the molecule is CC1=CCC(CCC2CCCC2)(C(=O)O)CC1(C(=O)O)c1ccc(I)cc1. The molecule has 1 fully saturated rings. The first-order valence-corrected chi connectivity index (χ1v) is 10.8. The van der Waals surface area contributed by atoms with Crippen LogP contribution in [0.1, 0.15) is 63.9 Å². The Kier molecular flexibility index (Phi) is 5.99. The van der Waals surface area contributed by atoms with Crippen LogP contribution in [-0.2, 0) is 15.0 Å². The number of hydrogen-bond acceptors (Lipinski definition) is 2. The Morgan fingerprint density at radius 1 is 1.11 bits per heavy atom. The van der Waals surface area contributed by atoms with Gasteiger partial charge < -0.3 is 10.2 Å². The number of aliphatic carboxylic acids is 2. The number of carboxylic acids is 2. The maximum absolute atomic E-state index is 12.5. The second kappa shape index (κ2) is 7.94. The second-order valence-electron chi connectivity index (χ2n) is 8.26. The van der Waals surface area contributed by atoms with Crippen molar-refractivity contribution in [3.63, 3.8) is 0 Å². The molecule has 3 rings (SSSR count). The lowest BCUT2D eigenvalue weighted by molar-refractivity contribution is -0.154. The van der Waals surface area contributed by atoms with Crippen LogP contribution in [0.25, 0.3) is 0 Å². The Balaban J connectivity index is 1.99. The van der Waals surface area contributed by atoms with Crippen LogP contribution in [0.15, 0.2) is 35.9 Å². The van der Waals surface area contributed by atoms with Gasteiger partial charge in [-0.15, -0.1) is 0 Å². The highest BCUT2D eigenvalue weighted by atomic mass is 127. The molecule has 2 unspecified atom stereocenters. The molecule has 1 saturated carbocycles. The Morgan fingerprint density at radius 3 is 2.30 bits per heavy atom. The third kappa shape index (κ3) is 3.80. The predicted molar refractivity (Wildman–Crippen MR) is 113 cm³/mol. The largest absolute Gasteiger partial charge is 0.481 e. The molecule has 2 aliphatic rings. The summed E-state index contributed by atoms with van der Waals surface area (Å²) in [5.74, 6) is -1.23. The van der Waals surface area contributed by atoms with Gasteiger partial charge in [0.25, 0.3) is 0 Å². The number of carbonyl (C=O) groups is 2. The number of allylic oxidation sites excluding steroid dienone is 1. The Morgan fingerprint density at radius 2 is 1.74 bits per heavy atom. The van der Waals surface area contributed by atoms with Gasteiger partial charge in [-0.25, -0.2) is 0 Å². The third-order valence-electron chi connectivity index (χ3n) is 6.74. The highest BCUT2D eigenvalue weighted by Crippen LogP contribution is 2.51. The molecular formula is C22H27IO4. The molecule has 146 valence electrons. The Labute approximate surface area is 174 Å². The van der Waals surface area contributed by atoms with Gasteiger partial charge in [0.1, 0.15) is 5.41 Å². The number of halogens is 1. The van der Waals surface area contributed by atoms with Gasteiger partial charge in [-0.3, -0.25) is 9.59 Å². The van der Waals surface area contributed by atoms with Gasteiger partial charge in [-0.1, -0.05) is 49.5 Å². The van der Waals surface area contributed by atoms with E-state index in [1.54, 1.807) is 0 Å². The average Bonchev–Trinajstić information content (AvgIpc) is 3.15. The Hall–Kier alpha value is -1.37. The molecule has 4 nitrogen and oxygen atoms in total. The van der Waals surface area contributed by atoms with Crippen LogP contribution >= 0.6 is 22.6 Å². The van der Waals surface area contributed by atoms with Gasteiger partial charge in [0.15, 0.2) is 0 Å². The van der Waals surface area contributed by atoms with E-state index in [0.29, 0.717) is 24.3 Å². The highest BCUT2D eigenvalue weighted by Gasteiger charge is 2.54. The van der Waals surface area contributed by atoms with Gasteiger partial charge in [-0.05, 0) is 78.8 Å². The van der Waals surface area contributed by atoms with Crippen molar-refractivity contribution in [1.82, 2.24) is 0 Å².